The van der Waals surface area contributed by atoms with Crippen LogP contribution in [0.3, 0.4) is 0 Å². The molecule has 0 saturated carbocycles. The molecule has 3 fully saturated rings. The van der Waals surface area contributed by atoms with Gasteiger partial charge in [-0.15, -0.1) is 13.2 Å². The van der Waals surface area contributed by atoms with Crippen molar-refractivity contribution < 1.29 is 24.2 Å². The molecule has 0 radical (unpaired) electrons. The maximum Gasteiger partial charge on any atom is 0.253 e. The number of carbonyl (C=O) groups excluding carboxylic acids is 3. The molecule has 3 aliphatic rings. The van der Waals surface area contributed by atoms with Crippen molar-refractivity contribution in [2.24, 2.45) is 11.8 Å². The van der Waals surface area contributed by atoms with Crippen LogP contribution in [0.4, 0.5) is 5.69 Å². The van der Waals surface area contributed by atoms with E-state index in [9.17, 15) is 14.4 Å². The third-order valence-corrected chi connectivity index (χ3v) is 8.45. The minimum absolute atomic E-state index is 0.126. The molecule has 1 N–H and O–H groups in total. The number of fused-ring (bicyclic) bond motifs is 1. The van der Waals surface area contributed by atoms with Crippen molar-refractivity contribution in [3.63, 3.8) is 0 Å². The van der Waals surface area contributed by atoms with Crippen molar-refractivity contribution in [1.29, 1.82) is 0 Å². The molecule has 4 rings (SSSR count). The zero-order valence-electron chi connectivity index (χ0n) is 22.1. The van der Waals surface area contributed by atoms with Gasteiger partial charge in [0.2, 0.25) is 11.8 Å². The van der Waals surface area contributed by atoms with Gasteiger partial charge in [-0.3, -0.25) is 14.4 Å². The summed E-state index contributed by atoms with van der Waals surface area (Å²) in [5.41, 5.74) is -0.528. The normalized spacial score (nSPS) is 27.3. The van der Waals surface area contributed by atoms with E-state index in [1.165, 1.54) is 0 Å². The first-order valence-corrected chi connectivity index (χ1v) is 13.8. The average molecular weight is 544 g/mol. The number of hydrogen-bond donors (Lipinski definition) is 1. The molecule has 3 heterocycles. The van der Waals surface area contributed by atoms with Gasteiger partial charge in [0, 0.05) is 33.3 Å². The molecule has 3 amide bonds. The van der Waals surface area contributed by atoms with E-state index in [0.29, 0.717) is 49.5 Å². The molecule has 1 spiro atoms. The number of rotatable bonds is 13. The van der Waals surface area contributed by atoms with E-state index in [1.807, 2.05) is 6.07 Å². The number of likely N-dealkylation sites (N-methyl/N-ethyl adjacent to an activating group) is 1. The predicted octanol–water partition coefficient (Wildman–Crippen LogP) is 3.43. The van der Waals surface area contributed by atoms with E-state index >= 15 is 0 Å². The molecule has 3 saturated heterocycles. The molecule has 38 heavy (non-hydrogen) atoms. The van der Waals surface area contributed by atoms with Crippen LogP contribution in [0.15, 0.2) is 49.6 Å². The van der Waals surface area contributed by atoms with Crippen molar-refractivity contribution in [2.45, 2.75) is 56.3 Å². The summed E-state index contributed by atoms with van der Waals surface area (Å²) in [6.07, 6.45) is 7.06. The lowest BCUT2D eigenvalue weighted by atomic mass is 9.70. The predicted molar refractivity (Wildman–Crippen MR) is 147 cm³/mol. The molecular formula is C29H38ClN3O5. The summed E-state index contributed by atoms with van der Waals surface area (Å²) in [5, 5.41) is 9.55. The number of carbonyl (C=O) groups is 3. The standard InChI is InChI=1S/C29H38ClN3O5/c1-4-16-31(3)26(35)23-22-14-15-29(38-22)24(23)27(36)33(18-10-6-7-11-19-34)25(29)28(37)32(17-5-2)21-13-9-8-12-20(21)30/h4-5,8-9,12-13,22-25,34H,1-2,6-7,10-11,14-19H2,3H3/t22-,23+,24-,25?,29?/m0/s1. The molecule has 3 aliphatic heterocycles. The molecule has 1 aromatic rings. The maximum atomic E-state index is 14.4. The SMILES string of the molecule is C=CCN(C)C(=O)[C@@H]1[C@@H]2CCC3(O2)C(C(=O)N(CC=C)c2ccccc2Cl)N(CCCCCCO)C(=O)[C@H]13. The summed E-state index contributed by atoms with van der Waals surface area (Å²) < 4.78 is 6.54. The van der Waals surface area contributed by atoms with Gasteiger partial charge < -0.3 is 24.5 Å². The van der Waals surface area contributed by atoms with Gasteiger partial charge in [0.25, 0.3) is 5.91 Å². The zero-order chi connectivity index (χ0) is 27.4. The number of halogens is 1. The molecule has 2 bridgehead atoms. The Morgan fingerprint density at radius 2 is 1.87 bits per heavy atom. The van der Waals surface area contributed by atoms with Crippen molar-refractivity contribution in [3.05, 3.63) is 54.6 Å². The smallest absolute Gasteiger partial charge is 0.253 e. The molecule has 0 aliphatic carbocycles. The first-order valence-electron chi connectivity index (χ1n) is 13.4. The number of para-hydroxylation sites is 1. The third-order valence-electron chi connectivity index (χ3n) is 8.13. The summed E-state index contributed by atoms with van der Waals surface area (Å²) in [6, 6.07) is 6.24. The van der Waals surface area contributed by atoms with Crippen molar-refractivity contribution in [1.82, 2.24) is 9.80 Å². The second kappa shape index (κ2) is 12.0. The van der Waals surface area contributed by atoms with E-state index < -0.39 is 29.6 Å². The molecular weight excluding hydrogens is 506 g/mol. The maximum absolute atomic E-state index is 14.4. The van der Waals surface area contributed by atoms with Crippen LogP contribution < -0.4 is 4.90 Å². The number of likely N-dealkylation sites (tertiary alicyclic amines) is 1. The van der Waals surface area contributed by atoms with Crippen molar-refractivity contribution in [3.8, 4) is 0 Å². The van der Waals surface area contributed by atoms with Gasteiger partial charge in [-0.25, -0.2) is 0 Å². The van der Waals surface area contributed by atoms with Crippen LogP contribution in [-0.4, -0.2) is 83.7 Å². The van der Waals surface area contributed by atoms with Crippen molar-refractivity contribution in [2.75, 3.05) is 38.2 Å². The molecule has 206 valence electrons. The van der Waals surface area contributed by atoms with Crippen LogP contribution >= 0.6 is 11.6 Å². The molecule has 5 atom stereocenters. The second-order valence-electron chi connectivity index (χ2n) is 10.4. The van der Waals surface area contributed by atoms with Gasteiger partial charge in [-0.1, -0.05) is 48.7 Å². The zero-order valence-corrected chi connectivity index (χ0v) is 22.8. The van der Waals surface area contributed by atoms with Crippen LogP contribution in [0.25, 0.3) is 0 Å². The number of benzene rings is 1. The Bertz CT molecular complexity index is 1080. The number of hydrogen-bond acceptors (Lipinski definition) is 5. The summed E-state index contributed by atoms with van der Waals surface area (Å²) in [7, 11) is 1.70. The third kappa shape index (κ3) is 4.90. The first-order chi connectivity index (χ1) is 18.3. The number of unbranched alkanes of at least 4 members (excludes halogenated alkanes) is 3. The number of aliphatic hydroxyl groups excluding tert-OH is 1. The Morgan fingerprint density at radius 3 is 2.55 bits per heavy atom. The Balaban J connectivity index is 1.72. The summed E-state index contributed by atoms with van der Waals surface area (Å²) in [6.45, 7) is 8.64. The summed E-state index contributed by atoms with van der Waals surface area (Å²) in [5.74, 6) is -1.98. The minimum atomic E-state index is -1.07. The van der Waals surface area contributed by atoms with Crippen LogP contribution in [0, 0.1) is 11.8 Å². The highest BCUT2D eigenvalue weighted by Crippen LogP contribution is 2.59. The Morgan fingerprint density at radius 1 is 1.16 bits per heavy atom. The van der Waals surface area contributed by atoms with Gasteiger partial charge in [-0.2, -0.15) is 0 Å². The van der Waals surface area contributed by atoms with Crippen LogP contribution in [0.1, 0.15) is 38.5 Å². The average Bonchev–Trinajstić information content (AvgIpc) is 3.54. The Hall–Kier alpha value is -2.68. The Labute approximate surface area is 229 Å². The lowest BCUT2D eigenvalue weighted by Crippen LogP contribution is -2.56. The van der Waals surface area contributed by atoms with Gasteiger partial charge >= 0.3 is 0 Å². The van der Waals surface area contributed by atoms with Crippen LogP contribution in [0.5, 0.6) is 0 Å². The van der Waals surface area contributed by atoms with Gasteiger partial charge in [0.15, 0.2) is 0 Å². The van der Waals surface area contributed by atoms with Gasteiger partial charge in [0.1, 0.15) is 11.6 Å². The van der Waals surface area contributed by atoms with E-state index in [4.69, 9.17) is 21.4 Å². The highest BCUT2D eigenvalue weighted by molar-refractivity contribution is 6.34. The van der Waals surface area contributed by atoms with E-state index in [1.54, 1.807) is 52.1 Å². The van der Waals surface area contributed by atoms with E-state index in [0.717, 1.165) is 12.8 Å². The van der Waals surface area contributed by atoms with Gasteiger partial charge in [-0.05, 0) is 37.8 Å². The molecule has 2 unspecified atom stereocenters. The van der Waals surface area contributed by atoms with E-state index in [-0.39, 0.29) is 30.9 Å². The Kier molecular flexibility index (Phi) is 8.96. The lowest BCUT2D eigenvalue weighted by molar-refractivity contribution is -0.144. The highest BCUT2D eigenvalue weighted by atomic mass is 35.5. The summed E-state index contributed by atoms with van der Waals surface area (Å²) in [4.78, 5) is 46.8. The number of amides is 3. The number of aliphatic hydroxyl groups is 1. The summed E-state index contributed by atoms with van der Waals surface area (Å²) >= 11 is 6.50. The van der Waals surface area contributed by atoms with Gasteiger partial charge in [0.05, 0.1) is 28.6 Å². The van der Waals surface area contributed by atoms with E-state index in [2.05, 4.69) is 13.2 Å². The quantitative estimate of drug-likeness (QED) is 0.304. The fourth-order valence-corrected chi connectivity index (χ4v) is 6.73. The monoisotopic (exact) mass is 543 g/mol. The topological polar surface area (TPSA) is 90.4 Å². The molecule has 1 aromatic carbocycles. The van der Waals surface area contributed by atoms with Crippen LogP contribution in [0.2, 0.25) is 5.02 Å². The van der Waals surface area contributed by atoms with Crippen LogP contribution in [-0.2, 0) is 19.1 Å². The molecule has 8 nitrogen and oxygen atoms in total. The number of anilines is 1. The number of ether oxygens (including phenoxy) is 1. The second-order valence-corrected chi connectivity index (χ2v) is 10.8. The molecule has 0 aromatic heterocycles. The lowest BCUT2D eigenvalue weighted by Gasteiger charge is -2.37. The largest absolute Gasteiger partial charge is 0.396 e. The fourth-order valence-electron chi connectivity index (χ4n) is 6.49. The first kappa shape index (κ1) is 28.3. The molecule has 9 heteroatoms. The van der Waals surface area contributed by atoms with Crippen molar-refractivity contribution >= 4 is 35.0 Å². The highest BCUT2D eigenvalue weighted by Gasteiger charge is 2.74. The fraction of sp³-hybridized carbons (Fsp3) is 0.552. The minimum Gasteiger partial charge on any atom is -0.396 e. The number of nitrogens with zero attached hydrogens (tertiary/aromatic N) is 3.